The summed E-state index contributed by atoms with van der Waals surface area (Å²) in [7, 11) is 0. The topological polar surface area (TPSA) is 78.4 Å². The van der Waals surface area contributed by atoms with Crippen molar-refractivity contribution < 1.29 is 14.7 Å². The Balaban J connectivity index is 1.94. The molecule has 0 saturated heterocycles. The Kier molecular flexibility index (Phi) is 5.67. The molecule has 2 rings (SSSR count). The van der Waals surface area contributed by atoms with Crippen LogP contribution in [0.15, 0.2) is 12.1 Å². The van der Waals surface area contributed by atoms with Gasteiger partial charge in [-0.3, -0.25) is 9.59 Å². The van der Waals surface area contributed by atoms with Crippen LogP contribution in [0.25, 0.3) is 0 Å². The number of carbonyl (C=O) groups excluding carboxylic acids is 2. The Bertz CT molecular complexity index is 584. The maximum atomic E-state index is 11.9. The van der Waals surface area contributed by atoms with E-state index < -0.39 is 11.8 Å². The molecule has 0 heterocycles. The smallest absolute Gasteiger partial charge is 0.313 e. The highest BCUT2D eigenvalue weighted by Gasteiger charge is 2.24. The van der Waals surface area contributed by atoms with Gasteiger partial charge in [0, 0.05) is 11.1 Å². The Morgan fingerprint density at radius 1 is 1.09 bits per heavy atom. The lowest BCUT2D eigenvalue weighted by atomic mass is 9.93. The predicted molar refractivity (Wildman–Crippen MR) is 86.2 cm³/mol. The number of anilines is 1. The summed E-state index contributed by atoms with van der Waals surface area (Å²) < 4.78 is 0. The maximum absolute atomic E-state index is 11.9. The number of hydrogen-bond donors (Lipinski definition) is 3. The lowest BCUT2D eigenvalue weighted by Gasteiger charge is -2.25. The Morgan fingerprint density at radius 3 is 2.36 bits per heavy atom. The summed E-state index contributed by atoms with van der Waals surface area (Å²) in [6.07, 6.45) is 2.28. The van der Waals surface area contributed by atoms with E-state index in [2.05, 4.69) is 10.6 Å². The highest BCUT2D eigenvalue weighted by Crippen LogP contribution is 2.28. The number of aliphatic hydroxyl groups is 1. The zero-order valence-electron chi connectivity index (χ0n) is 12.2. The number of benzene rings is 1. The molecule has 0 radical (unpaired) electrons. The molecule has 0 aromatic heterocycles. The van der Waals surface area contributed by atoms with Gasteiger partial charge in [-0.1, -0.05) is 23.2 Å². The highest BCUT2D eigenvalue weighted by atomic mass is 35.5. The van der Waals surface area contributed by atoms with E-state index in [-0.39, 0.29) is 12.1 Å². The summed E-state index contributed by atoms with van der Waals surface area (Å²) in [6, 6.07) is 3.06. The summed E-state index contributed by atoms with van der Waals surface area (Å²) in [5.41, 5.74) is 1.09. The summed E-state index contributed by atoms with van der Waals surface area (Å²) in [5, 5.41) is 15.3. The maximum Gasteiger partial charge on any atom is 0.313 e. The largest absolute Gasteiger partial charge is 0.393 e. The van der Waals surface area contributed by atoms with E-state index in [4.69, 9.17) is 23.2 Å². The lowest BCUT2D eigenvalue weighted by molar-refractivity contribution is -0.136. The molecule has 0 unspecified atom stereocenters. The molecule has 5 nitrogen and oxygen atoms in total. The number of rotatable bonds is 2. The van der Waals surface area contributed by atoms with Crippen molar-refractivity contribution in [2.45, 2.75) is 44.8 Å². The van der Waals surface area contributed by atoms with E-state index in [1.54, 1.807) is 13.0 Å². The van der Waals surface area contributed by atoms with Gasteiger partial charge < -0.3 is 15.7 Å². The molecular formula is C15H18Cl2N2O3. The fourth-order valence-corrected chi connectivity index (χ4v) is 2.82. The van der Waals surface area contributed by atoms with Gasteiger partial charge in [0.05, 0.1) is 16.8 Å². The summed E-state index contributed by atoms with van der Waals surface area (Å²) in [5.74, 6) is -1.50. The standard InChI is InChI=1S/C15H18Cl2N2O3/c1-8-6-12(17)13(7-11(8)16)19-15(22)14(21)18-9-2-4-10(20)5-3-9/h6-7,9-10,20H,2-5H2,1H3,(H,18,21)(H,19,22). The summed E-state index contributed by atoms with van der Waals surface area (Å²) in [6.45, 7) is 1.80. The van der Waals surface area contributed by atoms with Crippen LogP contribution in [0.1, 0.15) is 31.2 Å². The van der Waals surface area contributed by atoms with Gasteiger partial charge in [0.15, 0.2) is 0 Å². The Hall–Kier alpha value is -1.30. The minimum absolute atomic E-state index is 0.0845. The van der Waals surface area contributed by atoms with Gasteiger partial charge in [-0.15, -0.1) is 0 Å². The normalized spacial score (nSPS) is 21.3. The first-order valence-corrected chi connectivity index (χ1v) is 7.88. The summed E-state index contributed by atoms with van der Waals surface area (Å²) in [4.78, 5) is 23.8. The van der Waals surface area contributed by atoms with Crippen molar-refractivity contribution in [3.8, 4) is 0 Å². The van der Waals surface area contributed by atoms with Crippen molar-refractivity contribution in [1.82, 2.24) is 5.32 Å². The van der Waals surface area contributed by atoms with Gasteiger partial charge in [0.25, 0.3) is 0 Å². The molecule has 0 atom stereocenters. The number of carbonyl (C=O) groups is 2. The van der Waals surface area contributed by atoms with Crippen molar-refractivity contribution in [2.24, 2.45) is 0 Å². The predicted octanol–water partition coefficient (Wildman–Crippen LogP) is 2.66. The van der Waals surface area contributed by atoms with Crippen molar-refractivity contribution in [3.05, 3.63) is 27.7 Å². The van der Waals surface area contributed by atoms with Crippen LogP contribution in [-0.2, 0) is 9.59 Å². The molecule has 1 aliphatic rings. The van der Waals surface area contributed by atoms with Crippen LogP contribution in [0.2, 0.25) is 10.0 Å². The van der Waals surface area contributed by atoms with Gasteiger partial charge in [0.2, 0.25) is 0 Å². The lowest BCUT2D eigenvalue weighted by Crippen LogP contribution is -2.43. The van der Waals surface area contributed by atoms with Crippen LogP contribution in [0.4, 0.5) is 5.69 Å². The molecule has 1 aromatic carbocycles. The molecule has 3 N–H and O–H groups in total. The van der Waals surface area contributed by atoms with Crippen LogP contribution >= 0.6 is 23.2 Å². The second kappa shape index (κ2) is 7.31. The second-order valence-corrected chi connectivity index (χ2v) is 6.33. The fraction of sp³-hybridized carbons (Fsp3) is 0.467. The molecule has 22 heavy (non-hydrogen) atoms. The van der Waals surface area contributed by atoms with E-state index in [0.717, 1.165) is 5.56 Å². The molecule has 2 amide bonds. The van der Waals surface area contributed by atoms with Crippen LogP contribution in [-0.4, -0.2) is 29.1 Å². The number of hydrogen-bond acceptors (Lipinski definition) is 3. The minimum atomic E-state index is -0.784. The monoisotopic (exact) mass is 344 g/mol. The van der Waals surface area contributed by atoms with Gasteiger partial charge in [-0.25, -0.2) is 0 Å². The zero-order chi connectivity index (χ0) is 16.3. The number of amides is 2. The second-order valence-electron chi connectivity index (χ2n) is 5.51. The molecule has 1 saturated carbocycles. The first-order valence-electron chi connectivity index (χ1n) is 7.12. The molecule has 1 aromatic rings. The molecular weight excluding hydrogens is 327 g/mol. The van der Waals surface area contributed by atoms with E-state index in [9.17, 15) is 14.7 Å². The third-order valence-electron chi connectivity index (χ3n) is 3.73. The van der Waals surface area contributed by atoms with E-state index in [0.29, 0.717) is 41.4 Å². The molecule has 120 valence electrons. The molecule has 1 aliphatic carbocycles. The fourth-order valence-electron chi connectivity index (χ4n) is 2.39. The molecule has 7 heteroatoms. The van der Waals surface area contributed by atoms with Crippen molar-refractivity contribution >= 4 is 40.7 Å². The minimum Gasteiger partial charge on any atom is -0.393 e. The molecule has 0 spiro atoms. The molecule has 0 aliphatic heterocycles. The van der Waals surface area contributed by atoms with Gasteiger partial charge in [0.1, 0.15) is 0 Å². The van der Waals surface area contributed by atoms with Gasteiger partial charge >= 0.3 is 11.8 Å². The SMILES string of the molecule is Cc1cc(Cl)c(NC(=O)C(=O)NC2CCC(O)CC2)cc1Cl. The first kappa shape index (κ1) is 17.1. The number of halogens is 2. The molecule has 0 bridgehead atoms. The quantitative estimate of drug-likeness (QED) is 0.721. The van der Waals surface area contributed by atoms with Crippen LogP contribution < -0.4 is 10.6 Å². The van der Waals surface area contributed by atoms with Crippen LogP contribution in [0.5, 0.6) is 0 Å². The van der Waals surface area contributed by atoms with Crippen LogP contribution in [0.3, 0.4) is 0 Å². The third-order valence-corrected chi connectivity index (χ3v) is 4.45. The number of aliphatic hydroxyl groups excluding tert-OH is 1. The van der Waals surface area contributed by atoms with E-state index >= 15 is 0 Å². The average Bonchev–Trinajstić information content (AvgIpc) is 2.47. The Morgan fingerprint density at radius 2 is 1.73 bits per heavy atom. The van der Waals surface area contributed by atoms with Crippen molar-refractivity contribution in [1.29, 1.82) is 0 Å². The Labute approximate surface area is 139 Å². The van der Waals surface area contributed by atoms with E-state index in [1.807, 2.05) is 0 Å². The van der Waals surface area contributed by atoms with Gasteiger partial charge in [-0.05, 0) is 50.3 Å². The van der Waals surface area contributed by atoms with E-state index in [1.165, 1.54) is 6.07 Å². The van der Waals surface area contributed by atoms with Crippen molar-refractivity contribution in [2.75, 3.05) is 5.32 Å². The van der Waals surface area contributed by atoms with Gasteiger partial charge in [-0.2, -0.15) is 0 Å². The molecule has 1 fully saturated rings. The van der Waals surface area contributed by atoms with Crippen LogP contribution in [0, 0.1) is 6.92 Å². The zero-order valence-corrected chi connectivity index (χ0v) is 13.7. The highest BCUT2D eigenvalue weighted by molar-refractivity contribution is 6.42. The summed E-state index contributed by atoms with van der Waals surface area (Å²) >= 11 is 12.0. The van der Waals surface area contributed by atoms with Crippen molar-refractivity contribution in [3.63, 3.8) is 0 Å². The average molecular weight is 345 g/mol. The number of aryl methyl sites for hydroxylation is 1. The third kappa shape index (κ3) is 4.35. The first-order chi connectivity index (χ1) is 10.4. The number of nitrogens with one attached hydrogen (secondary N) is 2.